The summed E-state index contributed by atoms with van der Waals surface area (Å²) in [5.41, 5.74) is 0.815. The summed E-state index contributed by atoms with van der Waals surface area (Å²) in [6, 6.07) is 2.07. The van der Waals surface area contributed by atoms with Gasteiger partial charge in [0.05, 0.1) is 5.69 Å². The first-order valence-corrected chi connectivity index (χ1v) is 6.88. The molecule has 2 aromatic rings. The molecule has 0 bridgehead atoms. The van der Waals surface area contributed by atoms with Crippen LogP contribution in [0.2, 0.25) is 0 Å². The van der Waals surface area contributed by atoms with E-state index in [4.69, 9.17) is 12.2 Å². The molecule has 0 aliphatic heterocycles. The van der Waals surface area contributed by atoms with Crippen LogP contribution in [0.3, 0.4) is 0 Å². The SMILES string of the molecule is CC(C)(C)c1c[nH]c(=S)n1-c1c(F)cc(F)cc1Br. The van der Waals surface area contributed by atoms with Gasteiger partial charge in [0.15, 0.2) is 10.6 Å². The first kappa shape index (κ1) is 14.4. The fourth-order valence-corrected chi connectivity index (χ4v) is 2.72. The summed E-state index contributed by atoms with van der Waals surface area (Å²) >= 11 is 8.40. The maximum atomic E-state index is 14.1. The van der Waals surface area contributed by atoms with Crippen molar-refractivity contribution in [3.05, 3.63) is 44.9 Å². The topological polar surface area (TPSA) is 20.7 Å². The Balaban J connectivity index is 2.81. The first-order valence-electron chi connectivity index (χ1n) is 5.67. The molecule has 102 valence electrons. The minimum Gasteiger partial charge on any atom is -0.337 e. The van der Waals surface area contributed by atoms with Gasteiger partial charge in [-0.05, 0) is 34.2 Å². The molecule has 1 heterocycles. The van der Waals surface area contributed by atoms with Crippen molar-refractivity contribution in [2.24, 2.45) is 0 Å². The van der Waals surface area contributed by atoms with Crippen LogP contribution in [0, 0.1) is 16.4 Å². The van der Waals surface area contributed by atoms with E-state index in [9.17, 15) is 8.78 Å². The third-order valence-corrected chi connectivity index (χ3v) is 3.65. The predicted molar refractivity (Wildman–Crippen MR) is 77.3 cm³/mol. The molecule has 2 rings (SSSR count). The van der Waals surface area contributed by atoms with E-state index in [-0.39, 0.29) is 11.1 Å². The fraction of sp³-hybridized carbons (Fsp3) is 0.308. The Morgan fingerprint density at radius 1 is 1.26 bits per heavy atom. The molecule has 0 fully saturated rings. The molecule has 0 radical (unpaired) electrons. The first-order chi connectivity index (χ1) is 8.71. The molecule has 0 aliphatic carbocycles. The van der Waals surface area contributed by atoms with Gasteiger partial charge in [-0.3, -0.25) is 4.57 Å². The molecule has 6 heteroatoms. The molecule has 0 spiro atoms. The van der Waals surface area contributed by atoms with Gasteiger partial charge in [-0.15, -0.1) is 0 Å². The highest BCUT2D eigenvalue weighted by Gasteiger charge is 2.23. The Morgan fingerprint density at radius 3 is 2.42 bits per heavy atom. The van der Waals surface area contributed by atoms with Crippen molar-refractivity contribution >= 4 is 28.1 Å². The quantitative estimate of drug-likeness (QED) is 0.730. The summed E-state index contributed by atoms with van der Waals surface area (Å²) in [5.74, 6) is -1.29. The van der Waals surface area contributed by atoms with E-state index in [1.54, 1.807) is 10.8 Å². The number of nitrogens with zero attached hydrogens (tertiary/aromatic N) is 1. The summed E-state index contributed by atoms with van der Waals surface area (Å²) < 4.78 is 29.5. The maximum Gasteiger partial charge on any atom is 0.182 e. The average Bonchev–Trinajstić information content (AvgIpc) is 2.59. The maximum absolute atomic E-state index is 14.1. The Morgan fingerprint density at radius 2 is 1.89 bits per heavy atom. The summed E-state index contributed by atoms with van der Waals surface area (Å²) in [6.45, 7) is 5.99. The Kier molecular flexibility index (Phi) is 3.66. The zero-order valence-corrected chi connectivity index (χ0v) is 13.1. The largest absolute Gasteiger partial charge is 0.337 e. The monoisotopic (exact) mass is 346 g/mol. The highest BCUT2D eigenvalue weighted by atomic mass is 79.9. The average molecular weight is 347 g/mol. The predicted octanol–water partition coefficient (Wildman–Crippen LogP) is 4.87. The summed E-state index contributed by atoms with van der Waals surface area (Å²) in [5, 5.41) is 0. The molecule has 1 N–H and O–H groups in total. The van der Waals surface area contributed by atoms with Crippen LogP contribution >= 0.6 is 28.1 Å². The van der Waals surface area contributed by atoms with Gasteiger partial charge in [-0.25, -0.2) is 8.78 Å². The van der Waals surface area contributed by atoms with Crippen molar-refractivity contribution in [1.29, 1.82) is 0 Å². The summed E-state index contributed by atoms with van der Waals surface area (Å²) in [7, 11) is 0. The van der Waals surface area contributed by atoms with Crippen LogP contribution in [0.4, 0.5) is 8.78 Å². The molecule has 19 heavy (non-hydrogen) atoms. The van der Waals surface area contributed by atoms with Crippen LogP contribution in [0.25, 0.3) is 5.69 Å². The lowest BCUT2D eigenvalue weighted by atomic mass is 9.92. The number of hydrogen-bond donors (Lipinski definition) is 1. The van der Waals surface area contributed by atoms with E-state index < -0.39 is 11.6 Å². The van der Waals surface area contributed by atoms with E-state index in [2.05, 4.69) is 20.9 Å². The molecule has 0 atom stereocenters. The number of nitrogens with one attached hydrogen (secondary N) is 1. The molecular weight excluding hydrogens is 334 g/mol. The molecule has 0 amide bonds. The van der Waals surface area contributed by atoms with Crippen molar-refractivity contribution in [1.82, 2.24) is 9.55 Å². The van der Waals surface area contributed by atoms with E-state index >= 15 is 0 Å². The van der Waals surface area contributed by atoms with Gasteiger partial charge >= 0.3 is 0 Å². The summed E-state index contributed by atoms with van der Waals surface area (Å²) in [6.07, 6.45) is 1.75. The van der Waals surface area contributed by atoms with E-state index in [0.29, 0.717) is 9.24 Å². The van der Waals surface area contributed by atoms with Gasteiger partial charge in [-0.2, -0.15) is 0 Å². The van der Waals surface area contributed by atoms with Crippen LogP contribution < -0.4 is 0 Å². The van der Waals surface area contributed by atoms with Gasteiger partial charge in [0.25, 0.3) is 0 Å². The molecule has 1 aromatic carbocycles. The molecule has 0 saturated heterocycles. The van der Waals surface area contributed by atoms with E-state index in [0.717, 1.165) is 11.8 Å². The Labute approximate surface area is 123 Å². The number of imidazole rings is 1. The second-order valence-electron chi connectivity index (χ2n) is 5.28. The third-order valence-electron chi connectivity index (χ3n) is 2.75. The highest BCUT2D eigenvalue weighted by Crippen LogP contribution is 2.31. The number of benzene rings is 1. The van der Waals surface area contributed by atoms with Gasteiger partial charge in [0.1, 0.15) is 5.82 Å². The number of rotatable bonds is 1. The number of aromatic nitrogens is 2. The molecule has 2 nitrogen and oxygen atoms in total. The Hall–Kier alpha value is -1.01. The van der Waals surface area contributed by atoms with Gasteiger partial charge < -0.3 is 4.98 Å². The number of H-pyrrole nitrogens is 1. The number of hydrogen-bond acceptors (Lipinski definition) is 1. The minimum atomic E-state index is -0.659. The van der Waals surface area contributed by atoms with Gasteiger partial charge in [0, 0.05) is 27.8 Å². The molecule has 0 saturated carbocycles. The lowest BCUT2D eigenvalue weighted by molar-refractivity contribution is 0.540. The smallest absolute Gasteiger partial charge is 0.182 e. The van der Waals surface area contributed by atoms with Crippen LogP contribution in [-0.2, 0) is 5.41 Å². The standard InChI is InChI=1S/C13H13BrF2N2S/c1-13(2,3)10-6-17-12(19)18(10)11-8(14)4-7(15)5-9(11)16/h4-6H,1-3H3,(H,17,19). The van der Waals surface area contributed by atoms with Crippen LogP contribution in [-0.4, -0.2) is 9.55 Å². The van der Waals surface area contributed by atoms with E-state index in [1.165, 1.54) is 6.07 Å². The van der Waals surface area contributed by atoms with Crippen molar-refractivity contribution in [3.8, 4) is 5.69 Å². The molecule has 0 unspecified atom stereocenters. The van der Waals surface area contributed by atoms with Crippen LogP contribution in [0.1, 0.15) is 26.5 Å². The molecular formula is C13H13BrF2N2S. The number of halogens is 3. The van der Waals surface area contributed by atoms with Crippen LogP contribution in [0.15, 0.2) is 22.8 Å². The lowest BCUT2D eigenvalue weighted by Gasteiger charge is -2.21. The van der Waals surface area contributed by atoms with Gasteiger partial charge in [-0.1, -0.05) is 20.8 Å². The molecule has 1 aromatic heterocycles. The molecule has 0 aliphatic rings. The Bertz CT molecular complexity index is 660. The van der Waals surface area contributed by atoms with Crippen LogP contribution in [0.5, 0.6) is 0 Å². The second kappa shape index (κ2) is 4.83. The zero-order valence-electron chi connectivity index (χ0n) is 10.7. The van der Waals surface area contributed by atoms with E-state index in [1.807, 2.05) is 20.8 Å². The third kappa shape index (κ3) is 2.65. The van der Waals surface area contributed by atoms with Crippen molar-refractivity contribution in [3.63, 3.8) is 0 Å². The van der Waals surface area contributed by atoms with Crippen molar-refractivity contribution < 1.29 is 8.78 Å². The van der Waals surface area contributed by atoms with Gasteiger partial charge in [0.2, 0.25) is 0 Å². The minimum absolute atomic E-state index is 0.220. The van der Waals surface area contributed by atoms with Crippen molar-refractivity contribution in [2.75, 3.05) is 0 Å². The second-order valence-corrected chi connectivity index (χ2v) is 6.52. The fourth-order valence-electron chi connectivity index (χ4n) is 1.89. The van der Waals surface area contributed by atoms with Crippen molar-refractivity contribution in [2.45, 2.75) is 26.2 Å². The normalized spacial score (nSPS) is 11.9. The summed E-state index contributed by atoms with van der Waals surface area (Å²) in [4.78, 5) is 2.91. The highest BCUT2D eigenvalue weighted by molar-refractivity contribution is 9.10. The lowest BCUT2D eigenvalue weighted by Crippen LogP contribution is -2.17. The number of aromatic amines is 1. The zero-order chi connectivity index (χ0) is 14.4.